The van der Waals surface area contributed by atoms with Crippen molar-refractivity contribution in [3.8, 4) is 0 Å². The number of rotatable bonds is 6. The third-order valence-electron chi connectivity index (χ3n) is 3.52. The Kier molecular flexibility index (Phi) is 5.66. The molecule has 2 nitrogen and oxygen atoms in total. The molecular weight excluding hydrogens is 208 g/mol. The lowest BCUT2D eigenvalue weighted by Gasteiger charge is -2.29. The van der Waals surface area contributed by atoms with Gasteiger partial charge in [-0.15, -0.1) is 0 Å². The number of likely N-dealkylation sites (N-methyl/N-ethyl adjacent to an activating group) is 1. The number of benzene rings is 1. The van der Waals surface area contributed by atoms with Gasteiger partial charge < -0.3 is 5.73 Å². The van der Waals surface area contributed by atoms with Crippen LogP contribution in [0, 0.1) is 6.92 Å². The van der Waals surface area contributed by atoms with Crippen molar-refractivity contribution in [2.24, 2.45) is 5.73 Å². The van der Waals surface area contributed by atoms with Gasteiger partial charge in [0, 0.05) is 18.6 Å². The minimum Gasteiger partial charge on any atom is -0.323 e. The molecule has 2 unspecified atom stereocenters. The van der Waals surface area contributed by atoms with Gasteiger partial charge in [0.25, 0.3) is 0 Å². The summed E-state index contributed by atoms with van der Waals surface area (Å²) in [7, 11) is 0. The van der Waals surface area contributed by atoms with E-state index in [9.17, 15) is 0 Å². The van der Waals surface area contributed by atoms with Crippen molar-refractivity contribution in [2.75, 3.05) is 13.1 Å². The molecule has 1 rings (SSSR count). The van der Waals surface area contributed by atoms with Crippen molar-refractivity contribution in [2.45, 2.75) is 46.2 Å². The smallest absolute Gasteiger partial charge is 0.0424 e. The first-order chi connectivity index (χ1) is 8.08. The second-order valence-electron chi connectivity index (χ2n) is 4.87. The quantitative estimate of drug-likeness (QED) is 0.819. The molecule has 0 bridgehead atoms. The fourth-order valence-corrected chi connectivity index (χ4v) is 2.14. The van der Waals surface area contributed by atoms with E-state index in [0.29, 0.717) is 6.04 Å². The normalized spacial score (nSPS) is 14.9. The van der Waals surface area contributed by atoms with E-state index in [2.05, 4.69) is 56.9 Å². The van der Waals surface area contributed by atoms with Crippen molar-refractivity contribution >= 4 is 0 Å². The van der Waals surface area contributed by atoms with Gasteiger partial charge in [-0.25, -0.2) is 0 Å². The fourth-order valence-electron chi connectivity index (χ4n) is 2.14. The minimum absolute atomic E-state index is 0.115. The monoisotopic (exact) mass is 234 g/mol. The van der Waals surface area contributed by atoms with Crippen LogP contribution in [-0.2, 0) is 0 Å². The molecule has 17 heavy (non-hydrogen) atoms. The van der Waals surface area contributed by atoms with Gasteiger partial charge in [-0.3, -0.25) is 4.90 Å². The summed E-state index contributed by atoms with van der Waals surface area (Å²) in [4.78, 5) is 2.45. The molecule has 0 heterocycles. The first-order valence-electron chi connectivity index (χ1n) is 6.64. The molecule has 2 N–H and O–H groups in total. The molecule has 0 radical (unpaired) electrons. The lowest BCUT2D eigenvalue weighted by Crippen LogP contribution is -2.38. The molecule has 0 saturated carbocycles. The van der Waals surface area contributed by atoms with Gasteiger partial charge in [0.15, 0.2) is 0 Å². The van der Waals surface area contributed by atoms with Crippen LogP contribution >= 0.6 is 0 Å². The predicted molar refractivity (Wildman–Crippen MR) is 75.1 cm³/mol. The summed E-state index contributed by atoms with van der Waals surface area (Å²) in [5.41, 5.74) is 8.82. The maximum absolute atomic E-state index is 6.29. The summed E-state index contributed by atoms with van der Waals surface area (Å²) in [5, 5.41) is 0. The van der Waals surface area contributed by atoms with Gasteiger partial charge in [0.2, 0.25) is 0 Å². The van der Waals surface area contributed by atoms with Crippen LogP contribution < -0.4 is 5.73 Å². The zero-order valence-electron chi connectivity index (χ0n) is 11.6. The van der Waals surface area contributed by atoms with Crippen LogP contribution in [0.2, 0.25) is 0 Å². The summed E-state index contributed by atoms with van der Waals surface area (Å²) in [6.07, 6.45) is 1.17. The van der Waals surface area contributed by atoms with E-state index >= 15 is 0 Å². The molecule has 0 saturated heterocycles. The van der Waals surface area contributed by atoms with Gasteiger partial charge in [0.1, 0.15) is 0 Å². The molecule has 1 aromatic rings. The van der Waals surface area contributed by atoms with Crippen LogP contribution in [0.1, 0.15) is 44.4 Å². The molecule has 0 aromatic heterocycles. The molecule has 0 aliphatic heterocycles. The maximum Gasteiger partial charge on any atom is 0.0424 e. The van der Waals surface area contributed by atoms with Crippen molar-refractivity contribution < 1.29 is 0 Å². The Labute approximate surface area is 106 Å². The molecular formula is C15H26N2. The average Bonchev–Trinajstić information content (AvgIpc) is 2.34. The van der Waals surface area contributed by atoms with Crippen LogP contribution in [0.5, 0.6) is 0 Å². The fraction of sp³-hybridized carbons (Fsp3) is 0.600. The third kappa shape index (κ3) is 4.14. The summed E-state index contributed by atoms with van der Waals surface area (Å²) in [6, 6.07) is 9.24. The maximum atomic E-state index is 6.29. The lowest BCUT2D eigenvalue weighted by molar-refractivity contribution is 0.202. The van der Waals surface area contributed by atoms with Gasteiger partial charge in [0.05, 0.1) is 0 Å². The second-order valence-corrected chi connectivity index (χ2v) is 4.87. The first kappa shape index (κ1) is 14.2. The average molecular weight is 234 g/mol. The Balaban J connectivity index is 2.67. The molecule has 0 aliphatic carbocycles. The van der Waals surface area contributed by atoms with Crippen molar-refractivity contribution in [1.29, 1.82) is 0 Å². The van der Waals surface area contributed by atoms with Crippen LogP contribution in [0.3, 0.4) is 0 Å². The molecule has 0 aliphatic rings. The highest BCUT2D eigenvalue weighted by molar-refractivity contribution is 5.25. The van der Waals surface area contributed by atoms with E-state index in [0.717, 1.165) is 13.1 Å². The highest BCUT2D eigenvalue weighted by Crippen LogP contribution is 2.15. The van der Waals surface area contributed by atoms with E-state index in [1.165, 1.54) is 17.5 Å². The topological polar surface area (TPSA) is 29.3 Å². The van der Waals surface area contributed by atoms with E-state index < -0.39 is 0 Å². The molecule has 0 amide bonds. The molecule has 0 fully saturated rings. The van der Waals surface area contributed by atoms with Gasteiger partial charge >= 0.3 is 0 Å². The Morgan fingerprint density at radius 1 is 1.29 bits per heavy atom. The zero-order valence-corrected chi connectivity index (χ0v) is 11.6. The highest BCUT2D eigenvalue weighted by atomic mass is 15.2. The number of hydrogen-bond donors (Lipinski definition) is 1. The highest BCUT2D eigenvalue weighted by Gasteiger charge is 2.15. The Morgan fingerprint density at radius 3 is 2.53 bits per heavy atom. The Hall–Kier alpha value is -0.860. The molecule has 96 valence electrons. The summed E-state index contributed by atoms with van der Waals surface area (Å²) < 4.78 is 0. The van der Waals surface area contributed by atoms with Crippen LogP contribution in [-0.4, -0.2) is 24.0 Å². The van der Waals surface area contributed by atoms with E-state index in [1.54, 1.807) is 0 Å². The largest absolute Gasteiger partial charge is 0.323 e. The molecule has 0 spiro atoms. The van der Waals surface area contributed by atoms with Gasteiger partial charge in [-0.2, -0.15) is 0 Å². The lowest BCUT2D eigenvalue weighted by atomic mass is 10.0. The summed E-state index contributed by atoms with van der Waals surface area (Å²) in [5.74, 6) is 0. The van der Waals surface area contributed by atoms with Crippen molar-refractivity contribution in [3.63, 3.8) is 0 Å². The number of aryl methyl sites for hydroxylation is 1. The van der Waals surface area contributed by atoms with E-state index in [1.807, 2.05) is 0 Å². The summed E-state index contributed by atoms with van der Waals surface area (Å²) >= 11 is 0. The van der Waals surface area contributed by atoms with Crippen molar-refractivity contribution in [1.82, 2.24) is 4.90 Å². The minimum atomic E-state index is 0.115. The summed E-state index contributed by atoms with van der Waals surface area (Å²) in [6.45, 7) is 10.8. The van der Waals surface area contributed by atoms with Crippen LogP contribution in [0.4, 0.5) is 0 Å². The molecule has 2 atom stereocenters. The first-order valence-corrected chi connectivity index (χ1v) is 6.64. The Morgan fingerprint density at radius 2 is 2.00 bits per heavy atom. The molecule has 1 aromatic carbocycles. The van der Waals surface area contributed by atoms with E-state index in [-0.39, 0.29) is 6.04 Å². The van der Waals surface area contributed by atoms with Crippen LogP contribution in [0.15, 0.2) is 24.3 Å². The number of nitrogens with zero attached hydrogens (tertiary/aromatic N) is 1. The van der Waals surface area contributed by atoms with Gasteiger partial charge in [-0.1, -0.05) is 43.7 Å². The SMILES string of the molecule is CCC(C)N(CC)CC(N)c1cccc(C)c1. The van der Waals surface area contributed by atoms with Gasteiger partial charge in [-0.05, 0) is 32.4 Å². The second kappa shape index (κ2) is 6.77. The Bertz CT molecular complexity index is 335. The third-order valence-corrected chi connectivity index (χ3v) is 3.52. The zero-order chi connectivity index (χ0) is 12.8. The number of hydrogen-bond acceptors (Lipinski definition) is 2. The van der Waals surface area contributed by atoms with E-state index in [4.69, 9.17) is 5.73 Å². The standard InChI is InChI=1S/C15H26N2/c1-5-13(4)17(6-2)11-15(16)14-9-7-8-12(3)10-14/h7-10,13,15H,5-6,11,16H2,1-4H3. The number of nitrogens with two attached hydrogens (primary N) is 1. The molecule has 2 heteroatoms. The predicted octanol–water partition coefficient (Wildman–Crippen LogP) is 3.12. The van der Waals surface area contributed by atoms with Crippen LogP contribution in [0.25, 0.3) is 0 Å². The van der Waals surface area contributed by atoms with Crippen molar-refractivity contribution in [3.05, 3.63) is 35.4 Å².